The third-order valence-electron chi connectivity index (χ3n) is 3.72. The first kappa shape index (κ1) is 17.6. The first-order valence-corrected chi connectivity index (χ1v) is 7.88. The van der Waals surface area contributed by atoms with Crippen LogP contribution in [-0.2, 0) is 0 Å². The monoisotopic (exact) mass is 288 g/mol. The predicted octanol–water partition coefficient (Wildman–Crippen LogP) is 4.78. The molecule has 0 saturated heterocycles. The van der Waals surface area contributed by atoms with E-state index in [1.807, 2.05) is 18.2 Å². The van der Waals surface area contributed by atoms with Crippen LogP contribution in [0.15, 0.2) is 42.0 Å². The molecule has 0 spiro atoms. The molecule has 116 valence electrons. The molecule has 2 atom stereocenters. The number of carbonyl (C=O) groups excluding carboxylic acids is 1. The fraction of sp³-hybridized carbons (Fsp3) is 0.526. The molecular formula is C19H28O2. The minimum Gasteiger partial charge on any atom is -0.393 e. The number of rotatable bonds is 9. The predicted molar refractivity (Wildman–Crippen MR) is 88.5 cm³/mol. The van der Waals surface area contributed by atoms with Gasteiger partial charge in [-0.05, 0) is 45.4 Å². The average Bonchev–Trinajstić information content (AvgIpc) is 2.45. The zero-order chi connectivity index (χ0) is 15.7. The van der Waals surface area contributed by atoms with Gasteiger partial charge < -0.3 is 5.11 Å². The summed E-state index contributed by atoms with van der Waals surface area (Å²) >= 11 is 0. The van der Waals surface area contributed by atoms with Gasteiger partial charge in [0, 0.05) is 12.0 Å². The van der Waals surface area contributed by atoms with E-state index in [9.17, 15) is 9.90 Å². The van der Waals surface area contributed by atoms with Crippen molar-refractivity contribution in [3.63, 3.8) is 0 Å². The molecule has 0 aliphatic carbocycles. The molecule has 2 unspecified atom stereocenters. The van der Waals surface area contributed by atoms with Crippen molar-refractivity contribution in [1.29, 1.82) is 0 Å². The molecule has 0 amide bonds. The first-order valence-electron chi connectivity index (χ1n) is 7.88. The zero-order valence-electron chi connectivity index (χ0n) is 13.5. The van der Waals surface area contributed by atoms with Crippen LogP contribution in [0.3, 0.4) is 0 Å². The number of hydrogen-bond donors (Lipinski definition) is 1. The van der Waals surface area contributed by atoms with Gasteiger partial charge in [-0.1, -0.05) is 48.9 Å². The van der Waals surface area contributed by atoms with E-state index in [1.54, 1.807) is 12.1 Å². The van der Waals surface area contributed by atoms with Crippen LogP contribution in [0.2, 0.25) is 0 Å². The van der Waals surface area contributed by atoms with Crippen molar-refractivity contribution in [3.8, 4) is 0 Å². The van der Waals surface area contributed by atoms with Crippen LogP contribution < -0.4 is 0 Å². The molecule has 2 heteroatoms. The lowest BCUT2D eigenvalue weighted by atomic mass is 9.95. The van der Waals surface area contributed by atoms with Crippen molar-refractivity contribution < 1.29 is 9.90 Å². The number of allylic oxidation sites excluding steroid dienone is 2. The third kappa shape index (κ3) is 7.81. The summed E-state index contributed by atoms with van der Waals surface area (Å²) in [5, 5.41) is 10.0. The van der Waals surface area contributed by atoms with Gasteiger partial charge in [0.1, 0.15) is 0 Å². The molecule has 0 radical (unpaired) electrons. The normalized spacial score (nSPS) is 13.5. The Bertz CT molecular complexity index is 444. The highest BCUT2D eigenvalue weighted by atomic mass is 16.3. The van der Waals surface area contributed by atoms with Crippen molar-refractivity contribution in [1.82, 2.24) is 0 Å². The molecule has 1 rings (SSSR count). The maximum atomic E-state index is 12.0. The molecule has 1 aromatic rings. The van der Waals surface area contributed by atoms with Crippen molar-refractivity contribution in [3.05, 3.63) is 47.5 Å². The molecule has 0 saturated carbocycles. The summed E-state index contributed by atoms with van der Waals surface area (Å²) in [5.74, 6) is 0.613. The highest BCUT2D eigenvalue weighted by molar-refractivity contribution is 5.96. The van der Waals surface area contributed by atoms with Crippen LogP contribution >= 0.6 is 0 Å². The Balaban J connectivity index is 2.26. The maximum absolute atomic E-state index is 12.0. The van der Waals surface area contributed by atoms with Gasteiger partial charge in [-0.25, -0.2) is 0 Å². The number of hydrogen-bond acceptors (Lipinski definition) is 2. The molecule has 0 fully saturated rings. The number of Topliss-reactive ketones (excluding diaryl/α,β-unsaturated/α-hetero) is 1. The average molecular weight is 288 g/mol. The summed E-state index contributed by atoms with van der Waals surface area (Å²) in [5.41, 5.74) is 2.05. The highest BCUT2D eigenvalue weighted by Gasteiger charge is 2.13. The second-order valence-electron chi connectivity index (χ2n) is 6.19. The summed E-state index contributed by atoms with van der Waals surface area (Å²) < 4.78 is 0. The quantitative estimate of drug-likeness (QED) is 0.524. The summed E-state index contributed by atoms with van der Waals surface area (Å²) in [4.78, 5) is 12.0. The van der Waals surface area contributed by atoms with Crippen LogP contribution in [-0.4, -0.2) is 17.0 Å². The van der Waals surface area contributed by atoms with Gasteiger partial charge in [0.05, 0.1) is 6.10 Å². The lowest BCUT2D eigenvalue weighted by Crippen LogP contribution is -2.14. The molecule has 0 heterocycles. The van der Waals surface area contributed by atoms with Crippen LogP contribution in [0.4, 0.5) is 0 Å². The van der Waals surface area contributed by atoms with Gasteiger partial charge in [-0.3, -0.25) is 4.79 Å². The van der Waals surface area contributed by atoms with E-state index >= 15 is 0 Å². The molecule has 0 bridgehead atoms. The molecule has 2 nitrogen and oxygen atoms in total. The fourth-order valence-electron chi connectivity index (χ4n) is 2.34. The molecule has 1 N–H and O–H groups in total. The maximum Gasteiger partial charge on any atom is 0.165 e. The van der Waals surface area contributed by atoms with Crippen molar-refractivity contribution >= 4 is 5.78 Å². The van der Waals surface area contributed by atoms with E-state index in [2.05, 4.69) is 26.8 Å². The fourth-order valence-corrected chi connectivity index (χ4v) is 2.34. The summed E-state index contributed by atoms with van der Waals surface area (Å²) in [6.45, 7) is 6.44. The Hall–Kier alpha value is -1.41. The van der Waals surface area contributed by atoms with E-state index in [1.165, 1.54) is 5.57 Å². The molecule has 1 aromatic carbocycles. The van der Waals surface area contributed by atoms with Gasteiger partial charge in [0.25, 0.3) is 0 Å². The third-order valence-corrected chi connectivity index (χ3v) is 3.72. The number of benzene rings is 1. The molecule has 0 aromatic heterocycles. The van der Waals surface area contributed by atoms with Crippen molar-refractivity contribution in [2.75, 3.05) is 0 Å². The number of aliphatic hydroxyl groups is 1. The van der Waals surface area contributed by atoms with Gasteiger partial charge in [-0.2, -0.15) is 0 Å². The topological polar surface area (TPSA) is 37.3 Å². The SMILES string of the molecule is CC(C)=CCCC(C)CCC(O)CC(=O)c1ccccc1. The van der Waals surface area contributed by atoms with E-state index in [0.717, 1.165) is 19.3 Å². The molecule has 21 heavy (non-hydrogen) atoms. The van der Waals surface area contributed by atoms with E-state index in [-0.39, 0.29) is 12.2 Å². The highest BCUT2D eigenvalue weighted by Crippen LogP contribution is 2.17. The van der Waals surface area contributed by atoms with E-state index in [4.69, 9.17) is 0 Å². The molecular weight excluding hydrogens is 260 g/mol. The second-order valence-corrected chi connectivity index (χ2v) is 6.19. The van der Waals surface area contributed by atoms with Crippen LogP contribution in [0, 0.1) is 5.92 Å². The van der Waals surface area contributed by atoms with E-state index < -0.39 is 6.10 Å². The van der Waals surface area contributed by atoms with Gasteiger partial charge >= 0.3 is 0 Å². The standard InChI is InChI=1S/C19H28O2/c1-15(2)8-7-9-16(3)12-13-18(20)14-19(21)17-10-5-4-6-11-17/h4-6,8,10-11,16,18,20H,7,9,12-14H2,1-3H3. The van der Waals surface area contributed by atoms with Crippen LogP contribution in [0.25, 0.3) is 0 Å². The number of ketones is 1. The second kappa shape index (κ2) is 9.51. The van der Waals surface area contributed by atoms with Crippen LogP contribution in [0.1, 0.15) is 63.2 Å². The van der Waals surface area contributed by atoms with Gasteiger partial charge in [-0.15, -0.1) is 0 Å². The minimum absolute atomic E-state index is 0.0281. The summed E-state index contributed by atoms with van der Waals surface area (Å²) in [7, 11) is 0. The number of carbonyl (C=O) groups is 1. The minimum atomic E-state index is -0.524. The Morgan fingerprint density at radius 2 is 1.81 bits per heavy atom. The Morgan fingerprint density at radius 1 is 1.14 bits per heavy atom. The first-order chi connectivity index (χ1) is 9.99. The summed E-state index contributed by atoms with van der Waals surface area (Å²) in [6, 6.07) is 9.20. The molecule has 0 aliphatic heterocycles. The summed E-state index contributed by atoms with van der Waals surface area (Å²) in [6.07, 6.45) is 5.88. The van der Waals surface area contributed by atoms with Gasteiger partial charge in [0.15, 0.2) is 5.78 Å². The van der Waals surface area contributed by atoms with E-state index in [0.29, 0.717) is 17.9 Å². The molecule has 0 aliphatic rings. The van der Waals surface area contributed by atoms with Gasteiger partial charge in [0.2, 0.25) is 0 Å². The largest absolute Gasteiger partial charge is 0.393 e. The Labute approximate surface area is 128 Å². The lowest BCUT2D eigenvalue weighted by Gasteiger charge is -2.14. The Kier molecular flexibility index (Phi) is 7.99. The van der Waals surface area contributed by atoms with Crippen LogP contribution in [0.5, 0.6) is 0 Å². The Morgan fingerprint density at radius 3 is 2.43 bits per heavy atom. The number of aliphatic hydroxyl groups excluding tert-OH is 1. The van der Waals surface area contributed by atoms with Crippen molar-refractivity contribution in [2.24, 2.45) is 5.92 Å². The van der Waals surface area contributed by atoms with Crippen molar-refractivity contribution in [2.45, 2.75) is 59.0 Å². The smallest absolute Gasteiger partial charge is 0.165 e. The lowest BCUT2D eigenvalue weighted by molar-refractivity contribution is 0.0857. The zero-order valence-corrected chi connectivity index (χ0v) is 13.5.